The van der Waals surface area contributed by atoms with Crippen LogP contribution in [0.4, 0.5) is 5.13 Å². The number of thiazole rings is 1. The van der Waals surface area contributed by atoms with Gasteiger partial charge in [-0.15, -0.1) is 11.3 Å². The van der Waals surface area contributed by atoms with E-state index < -0.39 is 5.97 Å². The van der Waals surface area contributed by atoms with Crippen molar-refractivity contribution >= 4 is 22.4 Å². The Labute approximate surface area is 79.8 Å². The second kappa shape index (κ2) is 3.33. The molecule has 0 spiro atoms. The lowest BCUT2D eigenvalue weighted by Gasteiger charge is -2.18. The quantitative estimate of drug-likeness (QED) is 0.789. The molecule has 1 fully saturated rings. The SMILES string of the molecule is O=C(O)CN(c1nccs1)C1CC1. The summed E-state index contributed by atoms with van der Waals surface area (Å²) in [5, 5.41) is 11.4. The zero-order chi connectivity index (χ0) is 9.26. The van der Waals surface area contributed by atoms with Crippen LogP contribution in [-0.4, -0.2) is 28.6 Å². The summed E-state index contributed by atoms with van der Waals surface area (Å²) >= 11 is 1.49. The van der Waals surface area contributed by atoms with Crippen LogP contribution in [0.1, 0.15) is 12.8 Å². The van der Waals surface area contributed by atoms with Gasteiger partial charge in [0, 0.05) is 17.6 Å². The number of nitrogens with zero attached hydrogens (tertiary/aromatic N) is 2. The van der Waals surface area contributed by atoms with Crippen molar-refractivity contribution in [1.82, 2.24) is 4.98 Å². The fourth-order valence-corrected chi connectivity index (χ4v) is 1.96. The summed E-state index contributed by atoms with van der Waals surface area (Å²) in [6.45, 7) is 0.0676. The first-order valence-corrected chi connectivity index (χ1v) is 5.03. The van der Waals surface area contributed by atoms with Crippen molar-refractivity contribution in [2.24, 2.45) is 0 Å². The Morgan fingerprint density at radius 1 is 1.77 bits per heavy atom. The lowest BCUT2D eigenvalue weighted by molar-refractivity contribution is -0.135. The highest BCUT2D eigenvalue weighted by Crippen LogP contribution is 2.32. The molecule has 0 bridgehead atoms. The molecule has 1 aliphatic rings. The predicted molar refractivity (Wildman–Crippen MR) is 50.1 cm³/mol. The molecule has 4 nitrogen and oxygen atoms in total. The van der Waals surface area contributed by atoms with Crippen LogP contribution in [0.3, 0.4) is 0 Å². The Hall–Kier alpha value is -1.10. The van der Waals surface area contributed by atoms with Crippen molar-refractivity contribution in [3.05, 3.63) is 11.6 Å². The van der Waals surface area contributed by atoms with E-state index in [1.165, 1.54) is 11.3 Å². The van der Waals surface area contributed by atoms with E-state index in [9.17, 15) is 4.79 Å². The standard InChI is InChI=1S/C8H10N2O2S/c11-7(12)5-10(6-1-2-6)8-9-3-4-13-8/h3-4,6H,1-2,5H2,(H,11,12). The molecule has 0 unspecified atom stereocenters. The third-order valence-electron chi connectivity index (χ3n) is 1.96. The van der Waals surface area contributed by atoms with Gasteiger partial charge in [0.05, 0.1) is 0 Å². The Morgan fingerprint density at radius 3 is 3.00 bits per heavy atom. The number of carboxylic acids is 1. The second-order valence-corrected chi connectivity index (χ2v) is 3.94. The average molecular weight is 198 g/mol. The predicted octanol–water partition coefficient (Wildman–Crippen LogP) is 1.20. The molecule has 0 aliphatic heterocycles. The molecular formula is C8H10N2O2S. The molecule has 0 saturated heterocycles. The largest absolute Gasteiger partial charge is 0.480 e. The zero-order valence-electron chi connectivity index (χ0n) is 7.01. The number of aromatic nitrogens is 1. The van der Waals surface area contributed by atoms with Crippen LogP contribution in [0.15, 0.2) is 11.6 Å². The number of hydrogen-bond acceptors (Lipinski definition) is 4. The highest BCUT2D eigenvalue weighted by atomic mass is 32.1. The molecule has 0 amide bonds. The normalized spacial score (nSPS) is 15.7. The van der Waals surface area contributed by atoms with Gasteiger partial charge in [-0.3, -0.25) is 4.79 Å². The highest BCUT2D eigenvalue weighted by Gasteiger charge is 2.31. The van der Waals surface area contributed by atoms with Crippen LogP contribution in [0.5, 0.6) is 0 Å². The smallest absolute Gasteiger partial charge is 0.323 e. The zero-order valence-corrected chi connectivity index (χ0v) is 7.83. The third-order valence-corrected chi connectivity index (χ3v) is 2.77. The summed E-state index contributed by atoms with van der Waals surface area (Å²) in [4.78, 5) is 16.6. The molecular weight excluding hydrogens is 188 g/mol. The van der Waals surface area contributed by atoms with Gasteiger partial charge in [0.2, 0.25) is 0 Å². The number of anilines is 1. The highest BCUT2D eigenvalue weighted by molar-refractivity contribution is 7.13. The summed E-state index contributed by atoms with van der Waals surface area (Å²) in [5.41, 5.74) is 0. The van der Waals surface area contributed by atoms with Crippen LogP contribution >= 0.6 is 11.3 Å². The molecule has 1 aliphatic carbocycles. The molecule has 13 heavy (non-hydrogen) atoms. The maximum absolute atomic E-state index is 10.6. The van der Waals surface area contributed by atoms with Crippen molar-refractivity contribution < 1.29 is 9.90 Å². The molecule has 0 aromatic carbocycles. The van der Waals surface area contributed by atoms with Crippen molar-refractivity contribution in [3.8, 4) is 0 Å². The summed E-state index contributed by atoms with van der Waals surface area (Å²) in [7, 11) is 0. The molecule has 1 N–H and O–H groups in total. The van der Waals surface area contributed by atoms with Crippen LogP contribution in [0.25, 0.3) is 0 Å². The molecule has 0 atom stereocenters. The van der Waals surface area contributed by atoms with Gasteiger partial charge in [-0.1, -0.05) is 0 Å². The number of aliphatic carboxylic acids is 1. The molecule has 2 rings (SSSR count). The first kappa shape index (κ1) is 8.50. The van der Waals surface area contributed by atoms with Crippen LogP contribution < -0.4 is 4.90 Å². The Bertz CT molecular complexity index is 295. The van der Waals surface area contributed by atoms with Crippen LogP contribution in [0, 0.1) is 0 Å². The van der Waals surface area contributed by atoms with Crippen LogP contribution in [0.2, 0.25) is 0 Å². The summed E-state index contributed by atoms with van der Waals surface area (Å²) in [6, 6.07) is 0.405. The Kier molecular flexibility index (Phi) is 2.18. The summed E-state index contributed by atoms with van der Waals surface area (Å²) in [6.07, 6.45) is 3.89. The minimum absolute atomic E-state index is 0.0676. The maximum Gasteiger partial charge on any atom is 0.323 e. The molecule has 1 aromatic rings. The van der Waals surface area contributed by atoms with E-state index in [4.69, 9.17) is 5.11 Å². The number of carbonyl (C=O) groups is 1. The molecule has 70 valence electrons. The first-order chi connectivity index (χ1) is 6.27. The fraction of sp³-hybridized carbons (Fsp3) is 0.500. The van der Waals surface area contributed by atoms with Gasteiger partial charge < -0.3 is 10.0 Å². The monoisotopic (exact) mass is 198 g/mol. The fourth-order valence-electron chi connectivity index (χ4n) is 1.24. The van der Waals surface area contributed by atoms with E-state index in [0.29, 0.717) is 6.04 Å². The summed E-state index contributed by atoms with van der Waals surface area (Å²) in [5.74, 6) is -0.790. The lowest BCUT2D eigenvalue weighted by atomic mass is 10.5. The maximum atomic E-state index is 10.6. The minimum Gasteiger partial charge on any atom is -0.480 e. The Morgan fingerprint density at radius 2 is 2.54 bits per heavy atom. The van der Waals surface area contributed by atoms with Gasteiger partial charge in [-0.2, -0.15) is 0 Å². The molecule has 5 heteroatoms. The van der Waals surface area contributed by atoms with Crippen molar-refractivity contribution in [3.63, 3.8) is 0 Å². The Balaban J connectivity index is 2.09. The van der Waals surface area contributed by atoms with Crippen LogP contribution in [-0.2, 0) is 4.79 Å². The average Bonchev–Trinajstić information content (AvgIpc) is 2.77. The number of hydrogen-bond donors (Lipinski definition) is 1. The number of carboxylic acid groups (broad SMARTS) is 1. The van der Waals surface area contributed by atoms with E-state index in [-0.39, 0.29) is 6.54 Å². The lowest BCUT2D eigenvalue weighted by Crippen LogP contribution is -2.31. The van der Waals surface area contributed by atoms with Gasteiger partial charge in [0.25, 0.3) is 0 Å². The van der Waals surface area contributed by atoms with Gasteiger partial charge in [-0.25, -0.2) is 4.98 Å². The van der Waals surface area contributed by atoms with Gasteiger partial charge in [0.1, 0.15) is 6.54 Å². The van der Waals surface area contributed by atoms with Gasteiger partial charge in [0.15, 0.2) is 5.13 Å². The van der Waals surface area contributed by atoms with E-state index in [0.717, 1.165) is 18.0 Å². The third kappa shape index (κ3) is 1.98. The van der Waals surface area contributed by atoms with E-state index >= 15 is 0 Å². The molecule has 1 saturated carbocycles. The van der Waals surface area contributed by atoms with Gasteiger partial charge >= 0.3 is 5.97 Å². The number of rotatable bonds is 4. The van der Waals surface area contributed by atoms with E-state index in [1.54, 1.807) is 6.20 Å². The van der Waals surface area contributed by atoms with Crippen molar-refractivity contribution in [2.75, 3.05) is 11.4 Å². The van der Waals surface area contributed by atoms with Gasteiger partial charge in [-0.05, 0) is 12.8 Å². The van der Waals surface area contributed by atoms with E-state index in [2.05, 4.69) is 4.98 Å². The second-order valence-electron chi connectivity index (χ2n) is 3.07. The molecule has 1 heterocycles. The van der Waals surface area contributed by atoms with Crippen molar-refractivity contribution in [2.45, 2.75) is 18.9 Å². The molecule has 0 radical (unpaired) electrons. The van der Waals surface area contributed by atoms with Crippen molar-refractivity contribution in [1.29, 1.82) is 0 Å². The summed E-state index contributed by atoms with van der Waals surface area (Å²) < 4.78 is 0. The van der Waals surface area contributed by atoms with E-state index in [1.807, 2.05) is 10.3 Å². The topological polar surface area (TPSA) is 53.4 Å². The minimum atomic E-state index is -0.790. The first-order valence-electron chi connectivity index (χ1n) is 4.15. The molecule has 1 aromatic heterocycles.